The van der Waals surface area contributed by atoms with E-state index in [1.807, 2.05) is 6.07 Å². The van der Waals surface area contributed by atoms with Crippen LogP contribution >= 0.6 is 39.1 Å². The topological polar surface area (TPSA) is 52.5 Å². The van der Waals surface area contributed by atoms with Gasteiger partial charge in [-0.05, 0) is 40.2 Å². The number of fused-ring (bicyclic) bond motifs is 1. The zero-order chi connectivity index (χ0) is 15.7. The predicted octanol–water partition coefficient (Wildman–Crippen LogP) is 5.70. The summed E-state index contributed by atoms with van der Waals surface area (Å²) < 4.78 is 0.864. The summed E-state index contributed by atoms with van der Waals surface area (Å²) in [6.07, 6.45) is 5.26. The molecule has 22 heavy (non-hydrogen) atoms. The van der Waals surface area contributed by atoms with E-state index in [1.54, 1.807) is 36.7 Å². The van der Waals surface area contributed by atoms with Crippen molar-refractivity contribution in [2.45, 2.75) is 0 Å². The zero-order valence-corrected chi connectivity index (χ0v) is 14.2. The molecule has 3 rings (SSSR count). The van der Waals surface area contributed by atoms with Crippen LogP contribution in [0, 0.1) is 11.3 Å². The standard InChI is InChI=1S/C16H8BrCl2N3/c17-11-5-12-10(7-21-16(12)22-8-11)4-9(6-20)15-13(18)2-1-3-14(15)19/h1-5,7-8H,(H,21,22)/b9-4+. The van der Waals surface area contributed by atoms with E-state index >= 15 is 0 Å². The van der Waals surface area contributed by atoms with Gasteiger partial charge in [-0.3, -0.25) is 0 Å². The summed E-state index contributed by atoms with van der Waals surface area (Å²) in [5.41, 5.74) is 2.52. The smallest absolute Gasteiger partial charge is 0.137 e. The molecule has 0 saturated carbocycles. The molecule has 1 N–H and O–H groups in total. The van der Waals surface area contributed by atoms with E-state index in [4.69, 9.17) is 23.2 Å². The van der Waals surface area contributed by atoms with Crippen LogP contribution in [-0.4, -0.2) is 9.97 Å². The number of aromatic amines is 1. The number of H-pyrrole nitrogens is 1. The molecule has 0 spiro atoms. The number of hydrogen-bond acceptors (Lipinski definition) is 2. The fourth-order valence-electron chi connectivity index (χ4n) is 2.19. The maximum Gasteiger partial charge on any atom is 0.137 e. The summed E-state index contributed by atoms with van der Waals surface area (Å²) in [7, 11) is 0. The highest BCUT2D eigenvalue weighted by atomic mass is 79.9. The number of aromatic nitrogens is 2. The molecule has 6 heteroatoms. The number of benzene rings is 1. The molecule has 0 amide bonds. The van der Waals surface area contributed by atoms with Crippen molar-refractivity contribution in [1.29, 1.82) is 5.26 Å². The second kappa shape index (κ2) is 6.13. The van der Waals surface area contributed by atoms with Crippen LogP contribution in [0.4, 0.5) is 0 Å². The van der Waals surface area contributed by atoms with Crippen LogP contribution in [0.3, 0.4) is 0 Å². The first-order chi connectivity index (χ1) is 10.6. The highest BCUT2D eigenvalue weighted by Crippen LogP contribution is 2.33. The van der Waals surface area contributed by atoms with Crippen LogP contribution in [-0.2, 0) is 0 Å². The Bertz CT molecular complexity index is 918. The molecule has 0 aliphatic carbocycles. The van der Waals surface area contributed by atoms with Gasteiger partial charge in [0.15, 0.2) is 0 Å². The zero-order valence-electron chi connectivity index (χ0n) is 11.1. The summed E-state index contributed by atoms with van der Waals surface area (Å²) >= 11 is 15.8. The fourth-order valence-corrected chi connectivity index (χ4v) is 3.12. The Labute approximate surface area is 145 Å². The fraction of sp³-hybridized carbons (Fsp3) is 0. The van der Waals surface area contributed by atoms with Gasteiger partial charge in [0.2, 0.25) is 0 Å². The second-order valence-corrected chi connectivity index (χ2v) is 6.29. The maximum absolute atomic E-state index is 9.48. The number of pyridine rings is 1. The van der Waals surface area contributed by atoms with Gasteiger partial charge in [0.05, 0.1) is 21.7 Å². The monoisotopic (exact) mass is 391 g/mol. The number of halogens is 3. The minimum atomic E-state index is 0.400. The van der Waals surface area contributed by atoms with Crippen molar-refractivity contribution in [2.24, 2.45) is 0 Å². The van der Waals surface area contributed by atoms with E-state index in [0.29, 0.717) is 21.2 Å². The van der Waals surface area contributed by atoms with Gasteiger partial charge in [-0.1, -0.05) is 29.3 Å². The molecule has 108 valence electrons. The number of rotatable bonds is 2. The lowest BCUT2D eigenvalue weighted by Gasteiger charge is -2.05. The van der Waals surface area contributed by atoms with Gasteiger partial charge >= 0.3 is 0 Å². The number of allylic oxidation sites excluding steroid dienone is 1. The molecule has 1 aromatic carbocycles. The normalized spacial score (nSPS) is 11.6. The van der Waals surface area contributed by atoms with E-state index in [1.165, 1.54) is 0 Å². The lowest BCUT2D eigenvalue weighted by molar-refractivity contribution is 1.31. The van der Waals surface area contributed by atoms with Crippen LogP contribution in [0.1, 0.15) is 11.1 Å². The number of nitriles is 1. The van der Waals surface area contributed by atoms with Gasteiger partial charge in [-0.15, -0.1) is 0 Å². The summed E-state index contributed by atoms with van der Waals surface area (Å²) in [5.74, 6) is 0. The molecule has 0 bridgehead atoms. The van der Waals surface area contributed by atoms with Crippen molar-refractivity contribution in [3.05, 3.63) is 62.3 Å². The van der Waals surface area contributed by atoms with Crippen molar-refractivity contribution in [3.63, 3.8) is 0 Å². The molecular formula is C16H8BrCl2N3. The van der Waals surface area contributed by atoms with Crippen molar-refractivity contribution in [1.82, 2.24) is 9.97 Å². The van der Waals surface area contributed by atoms with Gasteiger partial charge < -0.3 is 4.98 Å². The van der Waals surface area contributed by atoms with Gasteiger partial charge in [0.1, 0.15) is 5.65 Å². The highest BCUT2D eigenvalue weighted by Gasteiger charge is 2.12. The third-order valence-electron chi connectivity index (χ3n) is 3.18. The average molecular weight is 393 g/mol. The molecule has 3 aromatic rings. The first-order valence-corrected chi connectivity index (χ1v) is 7.84. The molecule has 0 saturated heterocycles. The number of hydrogen-bond donors (Lipinski definition) is 1. The van der Waals surface area contributed by atoms with E-state index < -0.39 is 0 Å². The quantitative estimate of drug-likeness (QED) is 0.569. The molecule has 0 aliphatic rings. The van der Waals surface area contributed by atoms with Crippen molar-refractivity contribution in [2.75, 3.05) is 0 Å². The van der Waals surface area contributed by atoms with Crippen LogP contribution in [0.25, 0.3) is 22.7 Å². The van der Waals surface area contributed by atoms with E-state index in [0.717, 1.165) is 21.1 Å². The van der Waals surface area contributed by atoms with Crippen LogP contribution < -0.4 is 0 Å². The molecule has 0 fully saturated rings. The van der Waals surface area contributed by atoms with Crippen molar-refractivity contribution >= 4 is 61.8 Å². The van der Waals surface area contributed by atoms with E-state index in [-0.39, 0.29) is 0 Å². The predicted molar refractivity (Wildman–Crippen MR) is 93.7 cm³/mol. The molecule has 0 radical (unpaired) electrons. The van der Waals surface area contributed by atoms with E-state index in [9.17, 15) is 5.26 Å². The first kappa shape index (κ1) is 15.1. The van der Waals surface area contributed by atoms with Gasteiger partial charge in [-0.25, -0.2) is 4.98 Å². The third kappa shape index (κ3) is 2.76. The first-order valence-electron chi connectivity index (χ1n) is 6.29. The maximum atomic E-state index is 9.48. The van der Waals surface area contributed by atoms with Crippen LogP contribution in [0.5, 0.6) is 0 Å². The summed E-state index contributed by atoms with van der Waals surface area (Å²) in [5, 5.41) is 11.3. The summed E-state index contributed by atoms with van der Waals surface area (Å²) in [6.45, 7) is 0. The van der Waals surface area contributed by atoms with E-state index in [2.05, 4.69) is 32.0 Å². The minimum Gasteiger partial charge on any atom is -0.346 e. The molecule has 0 unspecified atom stereocenters. The van der Waals surface area contributed by atoms with Crippen molar-refractivity contribution < 1.29 is 0 Å². The molecule has 0 aliphatic heterocycles. The number of nitrogens with one attached hydrogen (secondary N) is 1. The van der Waals surface area contributed by atoms with Crippen molar-refractivity contribution in [3.8, 4) is 6.07 Å². The molecule has 2 heterocycles. The van der Waals surface area contributed by atoms with Gasteiger partial charge in [0.25, 0.3) is 0 Å². The third-order valence-corrected chi connectivity index (χ3v) is 4.25. The SMILES string of the molecule is N#C/C(=C\c1c[nH]c2ncc(Br)cc12)c1c(Cl)cccc1Cl. The Kier molecular flexibility index (Phi) is 4.21. The van der Waals surface area contributed by atoms with Gasteiger partial charge in [-0.2, -0.15) is 5.26 Å². The van der Waals surface area contributed by atoms with Crippen LogP contribution in [0.2, 0.25) is 10.0 Å². The average Bonchev–Trinajstić information content (AvgIpc) is 2.88. The highest BCUT2D eigenvalue weighted by molar-refractivity contribution is 9.10. The largest absolute Gasteiger partial charge is 0.346 e. The Morgan fingerprint density at radius 3 is 2.73 bits per heavy atom. The Balaban J connectivity index is 2.20. The summed E-state index contributed by atoms with van der Waals surface area (Å²) in [6, 6.07) is 9.27. The molecule has 3 nitrogen and oxygen atoms in total. The second-order valence-electron chi connectivity index (χ2n) is 4.56. The lowest BCUT2D eigenvalue weighted by atomic mass is 10.0. The molecular weight excluding hydrogens is 385 g/mol. The van der Waals surface area contributed by atoms with Crippen LogP contribution in [0.15, 0.2) is 41.1 Å². The Hall–Kier alpha value is -1.80. The Morgan fingerprint density at radius 1 is 1.32 bits per heavy atom. The molecule has 2 aromatic heterocycles. The lowest BCUT2D eigenvalue weighted by Crippen LogP contribution is -1.86. The Morgan fingerprint density at radius 2 is 2.05 bits per heavy atom. The summed E-state index contributed by atoms with van der Waals surface area (Å²) in [4.78, 5) is 7.35. The molecule has 0 atom stereocenters. The number of nitrogens with zero attached hydrogens (tertiary/aromatic N) is 2. The van der Waals surface area contributed by atoms with Gasteiger partial charge in [0, 0.05) is 33.4 Å². The minimum absolute atomic E-state index is 0.400.